The zero-order valence-electron chi connectivity index (χ0n) is 14.1. The van der Waals surface area contributed by atoms with E-state index < -0.39 is 14.9 Å². The molecular weight excluding hydrogens is 344 g/mol. The molecule has 0 saturated heterocycles. The Bertz CT molecular complexity index is 833. The lowest BCUT2D eigenvalue weighted by molar-refractivity contribution is -0.386. The normalized spacial score (nSPS) is 11.5. The lowest BCUT2D eigenvalue weighted by Crippen LogP contribution is -2.30. The molecule has 0 spiro atoms. The summed E-state index contributed by atoms with van der Waals surface area (Å²) in [5.41, 5.74) is 0.487. The van der Waals surface area contributed by atoms with Crippen LogP contribution in [0.1, 0.15) is 19.4 Å². The second kappa shape index (κ2) is 8.09. The van der Waals surface area contributed by atoms with Crippen LogP contribution >= 0.6 is 0 Å². The Hall–Kier alpha value is -2.45. The van der Waals surface area contributed by atoms with Crippen molar-refractivity contribution in [3.8, 4) is 5.75 Å². The van der Waals surface area contributed by atoms with Crippen LogP contribution in [0.3, 0.4) is 0 Å². The molecule has 0 unspecified atom stereocenters. The largest absolute Gasteiger partial charge is 0.482 e. The van der Waals surface area contributed by atoms with E-state index in [2.05, 4.69) is 0 Å². The summed E-state index contributed by atoms with van der Waals surface area (Å²) in [5.74, 6) is 0.0346. The van der Waals surface area contributed by atoms with Gasteiger partial charge in [-0.05, 0) is 17.7 Å². The zero-order valence-corrected chi connectivity index (χ0v) is 14.9. The minimum Gasteiger partial charge on any atom is -0.482 e. The van der Waals surface area contributed by atoms with Crippen molar-refractivity contribution in [2.24, 2.45) is 0 Å². The fraction of sp³-hybridized carbons (Fsp3) is 0.294. The molecule has 0 heterocycles. The van der Waals surface area contributed by atoms with Crippen LogP contribution in [-0.2, 0) is 16.6 Å². The molecule has 0 aliphatic carbocycles. The molecule has 0 radical (unpaired) electrons. The Labute approximate surface area is 147 Å². The molecule has 0 aliphatic heterocycles. The second-order valence-corrected chi connectivity index (χ2v) is 7.19. The van der Waals surface area contributed by atoms with Crippen molar-refractivity contribution < 1.29 is 18.1 Å². The number of hydrogen-bond donors (Lipinski definition) is 0. The number of hydrogen-bond acceptors (Lipinski definition) is 5. The number of nitro benzene ring substituents is 1. The van der Waals surface area contributed by atoms with Gasteiger partial charge in [0.15, 0.2) is 5.75 Å². The SMILES string of the molecule is CCN(CC)S(=O)(=O)c1ccc(OCc2ccccc2)c([N+](=O)[O-])c1. The maximum absolute atomic E-state index is 12.5. The third-order valence-corrected chi connectivity index (χ3v) is 5.75. The van der Waals surface area contributed by atoms with E-state index in [0.29, 0.717) is 13.1 Å². The van der Waals surface area contributed by atoms with Crippen molar-refractivity contribution in [2.45, 2.75) is 25.3 Å². The van der Waals surface area contributed by atoms with E-state index in [1.807, 2.05) is 30.3 Å². The van der Waals surface area contributed by atoms with E-state index in [-0.39, 0.29) is 22.9 Å². The minimum atomic E-state index is -3.77. The van der Waals surface area contributed by atoms with E-state index in [0.717, 1.165) is 11.6 Å². The van der Waals surface area contributed by atoms with Crippen molar-refractivity contribution in [1.29, 1.82) is 0 Å². The summed E-state index contributed by atoms with van der Waals surface area (Å²) >= 11 is 0. The van der Waals surface area contributed by atoms with Gasteiger partial charge >= 0.3 is 5.69 Å². The van der Waals surface area contributed by atoms with E-state index in [1.54, 1.807) is 13.8 Å². The fourth-order valence-corrected chi connectivity index (χ4v) is 3.85. The van der Waals surface area contributed by atoms with Crippen LogP contribution in [0.4, 0.5) is 5.69 Å². The van der Waals surface area contributed by atoms with Crippen LogP contribution in [-0.4, -0.2) is 30.7 Å². The van der Waals surface area contributed by atoms with Crippen LogP contribution in [0.25, 0.3) is 0 Å². The first-order valence-electron chi connectivity index (χ1n) is 7.85. The summed E-state index contributed by atoms with van der Waals surface area (Å²) in [5, 5.41) is 11.3. The van der Waals surface area contributed by atoms with Crippen LogP contribution in [0.5, 0.6) is 5.75 Å². The van der Waals surface area contributed by atoms with Gasteiger partial charge in [-0.1, -0.05) is 44.2 Å². The molecule has 8 heteroatoms. The number of rotatable bonds is 8. The number of ether oxygens (including phenoxy) is 1. The Balaban J connectivity index is 2.33. The highest BCUT2D eigenvalue weighted by molar-refractivity contribution is 7.89. The molecule has 0 amide bonds. The van der Waals surface area contributed by atoms with Gasteiger partial charge in [0.1, 0.15) is 6.61 Å². The molecule has 2 aromatic rings. The highest BCUT2D eigenvalue weighted by Crippen LogP contribution is 2.31. The first-order chi connectivity index (χ1) is 11.9. The molecule has 2 aromatic carbocycles. The standard InChI is InChI=1S/C17H20N2O5S/c1-3-18(4-2)25(22,23)15-10-11-17(16(12-15)19(20)21)24-13-14-8-6-5-7-9-14/h5-12H,3-4,13H2,1-2H3. The minimum absolute atomic E-state index is 0.0346. The fourth-order valence-electron chi connectivity index (χ4n) is 2.37. The summed E-state index contributed by atoms with van der Waals surface area (Å²) in [6.07, 6.45) is 0. The molecule has 0 fully saturated rings. The van der Waals surface area contributed by atoms with Crippen LogP contribution < -0.4 is 4.74 Å². The predicted molar refractivity (Wildman–Crippen MR) is 94.0 cm³/mol. The first-order valence-corrected chi connectivity index (χ1v) is 9.29. The first kappa shape index (κ1) is 18.9. The summed E-state index contributed by atoms with van der Waals surface area (Å²) < 4.78 is 31.8. The van der Waals surface area contributed by atoms with Crippen LogP contribution in [0, 0.1) is 10.1 Å². The van der Waals surface area contributed by atoms with Crippen LogP contribution in [0.15, 0.2) is 53.4 Å². The summed E-state index contributed by atoms with van der Waals surface area (Å²) in [6, 6.07) is 12.9. The van der Waals surface area contributed by atoms with Gasteiger partial charge < -0.3 is 4.74 Å². The Morgan fingerprint density at radius 3 is 2.28 bits per heavy atom. The maximum atomic E-state index is 12.5. The number of nitro groups is 1. The summed E-state index contributed by atoms with van der Waals surface area (Å²) in [6.45, 7) is 4.17. The Morgan fingerprint density at radius 2 is 1.72 bits per heavy atom. The molecule has 0 N–H and O–H groups in total. The van der Waals surface area contributed by atoms with Crippen molar-refractivity contribution in [3.63, 3.8) is 0 Å². The number of sulfonamides is 1. The van der Waals surface area contributed by atoms with Crippen LogP contribution in [0.2, 0.25) is 0 Å². The molecule has 7 nitrogen and oxygen atoms in total. The smallest absolute Gasteiger partial charge is 0.312 e. The maximum Gasteiger partial charge on any atom is 0.312 e. The monoisotopic (exact) mass is 364 g/mol. The highest BCUT2D eigenvalue weighted by atomic mass is 32.2. The van der Waals surface area contributed by atoms with E-state index in [9.17, 15) is 18.5 Å². The van der Waals surface area contributed by atoms with Gasteiger partial charge in [0, 0.05) is 19.2 Å². The van der Waals surface area contributed by atoms with E-state index in [1.165, 1.54) is 16.4 Å². The van der Waals surface area contributed by atoms with Crippen molar-refractivity contribution in [1.82, 2.24) is 4.31 Å². The average molecular weight is 364 g/mol. The highest BCUT2D eigenvalue weighted by Gasteiger charge is 2.26. The average Bonchev–Trinajstić information content (AvgIpc) is 2.61. The summed E-state index contributed by atoms with van der Waals surface area (Å²) in [4.78, 5) is 10.6. The van der Waals surface area contributed by atoms with Gasteiger partial charge in [-0.15, -0.1) is 0 Å². The molecule has 2 rings (SSSR count). The molecule has 0 atom stereocenters. The second-order valence-electron chi connectivity index (χ2n) is 5.25. The van der Waals surface area contributed by atoms with Crippen molar-refractivity contribution in [3.05, 3.63) is 64.2 Å². The van der Waals surface area contributed by atoms with Gasteiger partial charge in [-0.3, -0.25) is 10.1 Å². The van der Waals surface area contributed by atoms with Crippen molar-refractivity contribution >= 4 is 15.7 Å². The van der Waals surface area contributed by atoms with Gasteiger partial charge in [0.05, 0.1) is 9.82 Å². The molecule has 0 bridgehead atoms. The lowest BCUT2D eigenvalue weighted by Gasteiger charge is -2.18. The van der Waals surface area contributed by atoms with Gasteiger partial charge in [0.2, 0.25) is 10.0 Å². The number of nitrogens with zero attached hydrogens (tertiary/aromatic N) is 2. The van der Waals surface area contributed by atoms with Crippen molar-refractivity contribution in [2.75, 3.05) is 13.1 Å². The lowest BCUT2D eigenvalue weighted by atomic mass is 10.2. The topological polar surface area (TPSA) is 89.8 Å². The van der Waals surface area contributed by atoms with E-state index >= 15 is 0 Å². The Morgan fingerprint density at radius 1 is 1.08 bits per heavy atom. The van der Waals surface area contributed by atoms with E-state index in [4.69, 9.17) is 4.74 Å². The number of benzene rings is 2. The third-order valence-electron chi connectivity index (χ3n) is 3.71. The molecule has 25 heavy (non-hydrogen) atoms. The molecule has 0 aromatic heterocycles. The van der Waals surface area contributed by atoms with Gasteiger partial charge in [0.25, 0.3) is 0 Å². The zero-order chi connectivity index (χ0) is 18.4. The summed E-state index contributed by atoms with van der Waals surface area (Å²) in [7, 11) is -3.77. The third kappa shape index (κ3) is 4.34. The molecule has 0 aliphatic rings. The quantitative estimate of drug-likeness (QED) is 0.530. The van der Waals surface area contributed by atoms with Gasteiger partial charge in [-0.2, -0.15) is 4.31 Å². The molecular formula is C17H20N2O5S. The molecule has 134 valence electrons. The molecule has 0 saturated carbocycles. The Kier molecular flexibility index (Phi) is 6.11. The predicted octanol–water partition coefficient (Wildman–Crippen LogP) is 3.20. The van der Waals surface area contributed by atoms with Gasteiger partial charge in [-0.25, -0.2) is 8.42 Å².